The fraction of sp³-hybridized carbons (Fsp3) is 0.0667. The lowest BCUT2D eigenvalue weighted by atomic mass is 10.2. The Labute approximate surface area is 142 Å². The number of rotatable bonds is 5. The zero-order valence-electron chi connectivity index (χ0n) is 12.6. The molecular weight excluding hydrogens is 356 g/mol. The van der Waals surface area contributed by atoms with E-state index in [1.807, 2.05) is 15.6 Å². The smallest absolute Gasteiger partial charge is 0.272 e. The summed E-state index contributed by atoms with van der Waals surface area (Å²) in [5, 5.41) is 0. The van der Waals surface area contributed by atoms with Gasteiger partial charge >= 0.3 is 0 Å². The summed E-state index contributed by atoms with van der Waals surface area (Å²) in [6, 6.07) is 9.13. The Morgan fingerprint density at radius 3 is 2.20 bits per heavy atom. The number of amides is 2. The summed E-state index contributed by atoms with van der Waals surface area (Å²) < 4.78 is 52.0. The first-order valence-corrected chi connectivity index (χ1v) is 8.37. The third-order valence-electron chi connectivity index (χ3n) is 2.98. The Balaban J connectivity index is 1.87. The van der Waals surface area contributed by atoms with Crippen LogP contribution in [0.5, 0.6) is 0 Å². The van der Waals surface area contributed by atoms with Gasteiger partial charge in [-0.05, 0) is 36.4 Å². The SMILES string of the molecule is O=C(CNS(=O)(=O)c1ccc(F)cc1)NNC(=O)c1ccccc1F. The van der Waals surface area contributed by atoms with Crippen LogP contribution in [0, 0.1) is 11.6 Å². The lowest BCUT2D eigenvalue weighted by molar-refractivity contribution is -0.120. The fourth-order valence-corrected chi connectivity index (χ4v) is 2.72. The Morgan fingerprint density at radius 2 is 1.56 bits per heavy atom. The number of sulfonamides is 1. The van der Waals surface area contributed by atoms with Crippen molar-refractivity contribution in [2.45, 2.75) is 4.90 Å². The van der Waals surface area contributed by atoms with Crippen LogP contribution in [0.3, 0.4) is 0 Å². The highest BCUT2D eigenvalue weighted by Crippen LogP contribution is 2.09. The van der Waals surface area contributed by atoms with E-state index >= 15 is 0 Å². The predicted molar refractivity (Wildman–Crippen MR) is 83.6 cm³/mol. The van der Waals surface area contributed by atoms with E-state index in [4.69, 9.17) is 0 Å². The van der Waals surface area contributed by atoms with Crippen molar-refractivity contribution in [1.29, 1.82) is 0 Å². The minimum atomic E-state index is -4.02. The van der Waals surface area contributed by atoms with Crippen LogP contribution < -0.4 is 15.6 Å². The maximum absolute atomic E-state index is 13.4. The van der Waals surface area contributed by atoms with Crippen LogP contribution in [-0.4, -0.2) is 26.8 Å². The van der Waals surface area contributed by atoms with Crippen molar-refractivity contribution >= 4 is 21.8 Å². The molecule has 0 saturated carbocycles. The molecule has 0 radical (unpaired) electrons. The minimum Gasteiger partial charge on any atom is -0.272 e. The average molecular weight is 369 g/mol. The summed E-state index contributed by atoms with van der Waals surface area (Å²) >= 11 is 0. The van der Waals surface area contributed by atoms with Crippen LogP contribution in [0.1, 0.15) is 10.4 Å². The molecule has 10 heteroatoms. The van der Waals surface area contributed by atoms with Crippen LogP contribution in [0.4, 0.5) is 8.78 Å². The molecule has 0 fully saturated rings. The largest absolute Gasteiger partial charge is 0.272 e. The number of carbonyl (C=O) groups is 2. The van der Waals surface area contributed by atoms with Gasteiger partial charge < -0.3 is 0 Å². The molecule has 25 heavy (non-hydrogen) atoms. The van der Waals surface area contributed by atoms with Gasteiger partial charge in [0.15, 0.2) is 0 Å². The molecule has 7 nitrogen and oxygen atoms in total. The molecule has 2 rings (SSSR count). The highest BCUT2D eigenvalue weighted by molar-refractivity contribution is 7.89. The zero-order chi connectivity index (χ0) is 18.4. The molecule has 2 aromatic rings. The number of carbonyl (C=O) groups excluding carboxylic acids is 2. The van der Waals surface area contributed by atoms with Crippen molar-refractivity contribution in [1.82, 2.24) is 15.6 Å². The van der Waals surface area contributed by atoms with E-state index in [2.05, 4.69) is 0 Å². The van der Waals surface area contributed by atoms with Crippen molar-refractivity contribution in [3.05, 3.63) is 65.7 Å². The molecule has 0 unspecified atom stereocenters. The van der Waals surface area contributed by atoms with Crippen LogP contribution in [-0.2, 0) is 14.8 Å². The summed E-state index contributed by atoms with van der Waals surface area (Å²) in [5.41, 5.74) is 3.63. The molecule has 2 aromatic carbocycles. The van der Waals surface area contributed by atoms with Gasteiger partial charge in [0.25, 0.3) is 11.8 Å². The highest BCUT2D eigenvalue weighted by atomic mass is 32.2. The van der Waals surface area contributed by atoms with Crippen molar-refractivity contribution in [2.75, 3.05) is 6.54 Å². The van der Waals surface area contributed by atoms with E-state index < -0.39 is 40.0 Å². The summed E-state index contributed by atoms with van der Waals surface area (Å²) in [5.74, 6) is -3.15. The monoisotopic (exact) mass is 369 g/mol. The van der Waals surface area contributed by atoms with Gasteiger partial charge in [-0.1, -0.05) is 12.1 Å². The third-order valence-corrected chi connectivity index (χ3v) is 4.40. The van der Waals surface area contributed by atoms with Gasteiger partial charge in [-0.3, -0.25) is 20.4 Å². The molecule has 0 spiro atoms. The van der Waals surface area contributed by atoms with Gasteiger partial charge in [-0.15, -0.1) is 0 Å². The normalized spacial score (nSPS) is 11.0. The standard InChI is InChI=1S/C15H13F2N3O4S/c16-10-5-7-11(8-6-10)25(23,24)18-9-14(21)19-20-15(22)12-3-1-2-4-13(12)17/h1-8,18H,9H2,(H,19,21)(H,20,22). The first-order chi connectivity index (χ1) is 11.8. The summed E-state index contributed by atoms with van der Waals surface area (Å²) in [7, 11) is -4.02. The molecule has 0 aliphatic carbocycles. The second kappa shape index (κ2) is 7.81. The average Bonchev–Trinajstić information content (AvgIpc) is 2.59. The van der Waals surface area contributed by atoms with Gasteiger partial charge in [-0.2, -0.15) is 0 Å². The first-order valence-electron chi connectivity index (χ1n) is 6.88. The lowest BCUT2D eigenvalue weighted by Crippen LogP contribution is -2.46. The van der Waals surface area contributed by atoms with Crippen LogP contribution >= 0.6 is 0 Å². The molecule has 0 atom stereocenters. The molecule has 3 N–H and O–H groups in total. The molecule has 2 amide bonds. The molecule has 0 aromatic heterocycles. The first kappa shape index (κ1) is 18.5. The summed E-state index contributed by atoms with van der Waals surface area (Å²) in [4.78, 5) is 23.0. The maximum Gasteiger partial charge on any atom is 0.272 e. The number of hydrogen-bond donors (Lipinski definition) is 3. The molecule has 0 heterocycles. The second-order valence-corrected chi connectivity index (χ2v) is 6.53. The van der Waals surface area contributed by atoms with E-state index in [1.54, 1.807) is 0 Å². The second-order valence-electron chi connectivity index (χ2n) is 4.76. The lowest BCUT2D eigenvalue weighted by Gasteiger charge is -2.09. The Morgan fingerprint density at radius 1 is 0.920 bits per heavy atom. The Hall–Kier alpha value is -2.85. The molecule has 0 aliphatic rings. The van der Waals surface area contributed by atoms with Crippen LogP contribution in [0.25, 0.3) is 0 Å². The van der Waals surface area contributed by atoms with E-state index in [9.17, 15) is 26.8 Å². The van der Waals surface area contributed by atoms with Gasteiger partial charge in [0.1, 0.15) is 11.6 Å². The van der Waals surface area contributed by atoms with E-state index in [0.29, 0.717) is 0 Å². The quantitative estimate of drug-likeness (QED) is 0.675. The topological polar surface area (TPSA) is 104 Å². The number of hydrazine groups is 1. The molecule has 0 saturated heterocycles. The number of benzene rings is 2. The maximum atomic E-state index is 13.4. The van der Waals surface area contributed by atoms with Crippen molar-refractivity contribution in [3.63, 3.8) is 0 Å². The fourth-order valence-electron chi connectivity index (χ4n) is 1.74. The molecule has 132 valence electrons. The van der Waals surface area contributed by atoms with Gasteiger partial charge in [0, 0.05) is 0 Å². The van der Waals surface area contributed by atoms with Crippen molar-refractivity contribution in [2.24, 2.45) is 0 Å². The van der Waals surface area contributed by atoms with E-state index in [-0.39, 0.29) is 10.5 Å². The van der Waals surface area contributed by atoms with Crippen molar-refractivity contribution in [3.8, 4) is 0 Å². The number of hydrogen-bond acceptors (Lipinski definition) is 4. The van der Waals surface area contributed by atoms with Crippen LogP contribution in [0.15, 0.2) is 53.4 Å². The molecule has 0 aliphatic heterocycles. The van der Waals surface area contributed by atoms with Gasteiger partial charge in [-0.25, -0.2) is 21.9 Å². The number of nitrogens with one attached hydrogen (secondary N) is 3. The third kappa shape index (κ3) is 5.06. The molecule has 0 bridgehead atoms. The van der Waals surface area contributed by atoms with Gasteiger partial charge in [0.2, 0.25) is 10.0 Å². The zero-order valence-corrected chi connectivity index (χ0v) is 13.4. The van der Waals surface area contributed by atoms with E-state index in [0.717, 1.165) is 30.3 Å². The summed E-state index contributed by atoms with van der Waals surface area (Å²) in [6.07, 6.45) is 0. The minimum absolute atomic E-state index is 0.225. The Bertz CT molecular complexity index is 886. The highest BCUT2D eigenvalue weighted by Gasteiger charge is 2.16. The van der Waals surface area contributed by atoms with Crippen LogP contribution in [0.2, 0.25) is 0 Å². The summed E-state index contributed by atoms with van der Waals surface area (Å²) in [6.45, 7) is -0.683. The van der Waals surface area contributed by atoms with Crippen molar-refractivity contribution < 1.29 is 26.8 Å². The number of halogens is 2. The molecular formula is C15H13F2N3O4S. The van der Waals surface area contributed by atoms with Gasteiger partial charge in [0.05, 0.1) is 17.0 Å². The van der Waals surface area contributed by atoms with E-state index in [1.165, 1.54) is 18.2 Å². The predicted octanol–water partition coefficient (Wildman–Crippen LogP) is 0.704. The Kier molecular flexibility index (Phi) is 5.78.